The molecule has 2 aliphatic heterocycles. The summed E-state index contributed by atoms with van der Waals surface area (Å²) in [4.78, 5) is 53.7. The second-order valence-electron chi connectivity index (χ2n) is 11.4. The van der Waals surface area contributed by atoms with Crippen LogP contribution in [0.3, 0.4) is 0 Å². The number of rotatable bonds is 6. The molecule has 2 aromatic carbocycles. The molecule has 0 aliphatic carbocycles. The number of allylic oxidation sites excluding steroid dienone is 1. The monoisotopic (exact) mass is 577 g/mol. The number of alkyl carbamates (subject to hydrolysis) is 1. The number of aliphatic hydroxyl groups excluding tert-OH is 1. The van der Waals surface area contributed by atoms with E-state index in [-0.39, 0.29) is 56.9 Å². The number of aliphatic hydroxyl groups is 1. The van der Waals surface area contributed by atoms with Crippen molar-refractivity contribution in [3.05, 3.63) is 83.4 Å². The zero-order chi connectivity index (χ0) is 30.1. The van der Waals surface area contributed by atoms with Crippen molar-refractivity contribution in [3.8, 4) is 0 Å². The molecule has 224 valence electrons. The number of esters is 1. The Morgan fingerprint density at radius 2 is 1.74 bits per heavy atom. The van der Waals surface area contributed by atoms with Crippen LogP contribution in [0.25, 0.3) is 0 Å². The first kappa shape index (κ1) is 30.8. The Balaban J connectivity index is 1.43. The number of ether oxygens (including phenoxy) is 2. The van der Waals surface area contributed by atoms with Gasteiger partial charge in [-0.15, -0.1) is 0 Å². The van der Waals surface area contributed by atoms with Crippen LogP contribution < -0.4 is 10.6 Å². The number of nitrogens with zero attached hydrogens (tertiary/aromatic N) is 1. The number of benzene rings is 2. The highest BCUT2D eigenvalue weighted by Gasteiger charge is 2.34. The standard InChI is InChI=1S/C32H39N3O7/c1-32(2)21-42-30(39)27(33-31(40)41-20-22-10-4-3-5-11-22)15-9-8-13-24(29(38)34-32)17-28(37)35-18-25-14-7-6-12-23(25)16-26(35)19-36/h3-12,14,24,26-27,36H,13,15-21H2,1-2H3,(H,33,40)(H,34,38)/t24-,26+,27-/m1/s1. The molecule has 0 saturated heterocycles. The summed E-state index contributed by atoms with van der Waals surface area (Å²) in [6.45, 7) is 3.57. The van der Waals surface area contributed by atoms with E-state index in [9.17, 15) is 24.3 Å². The summed E-state index contributed by atoms with van der Waals surface area (Å²) in [7, 11) is 0. The molecule has 0 radical (unpaired) electrons. The maximum Gasteiger partial charge on any atom is 0.408 e. The number of nitrogens with one attached hydrogen (secondary N) is 2. The summed E-state index contributed by atoms with van der Waals surface area (Å²) in [6, 6.07) is 15.7. The summed E-state index contributed by atoms with van der Waals surface area (Å²) in [5.41, 5.74) is 2.02. The average molecular weight is 578 g/mol. The highest BCUT2D eigenvalue weighted by Crippen LogP contribution is 2.26. The van der Waals surface area contributed by atoms with E-state index in [4.69, 9.17) is 9.47 Å². The average Bonchev–Trinajstić information content (AvgIpc) is 2.98. The molecule has 0 spiro atoms. The number of amides is 3. The van der Waals surface area contributed by atoms with Crippen molar-refractivity contribution < 1.29 is 33.8 Å². The number of hydrogen-bond donors (Lipinski definition) is 3. The predicted octanol–water partition coefficient (Wildman–Crippen LogP) is 3.02. The molecule has 4 rings (SSSR count). The summed E-state index contributed by atoms with van der Waals surface area (Å²) in [5.74, 6) is -1.87. The number of fused-ring (bicyclic) bond motifs is 1. The topological polar surface area (TPSA) is 134 Å². The normalized spacial score (nSPS) is 22.5. The van der Waals surface area contributed by atoms with Gasteiger partial charge in [0.15, 0.2) is 0 Å². The third-order valence-corrected chi connectivity index (χ3v) is 7.46. The van der Waals surface area contributed by atoms with Crippen LogP contribution in [0.1, 0.15) is 49.8 Å². The fraction of sp³-hybridized carbons (Fsp3) is 0.438. The summed E-state index contributed by atoms with van der Waals surface area (Å²) < 4.78 is 10.7. The molecule has 0 aromatic heterocycles. The van der Waals surface area contributed by atoms with Gasteiger partial charge in [-0.25, -0.2) is 9.59 Å². The zero-order valence-electron chi connectivity index (χ0n) is 24.1. The minimum Gasteiger partial charge on any atom is -0.462 e. The lowest BCUT2D eigenvalue weighted by Gasteiger charge is -2.37. The van der Waals surface area contributed by atoms with Crippen LogP contribution in [0.4, 0.5) is 4.79 Å². The van der Waals surface area contributed by atoms with Gasteiger partial charge in [0.1, 0.15) is 19.3 Å². The van der Waals surface area contributed by atoms with Crippen LogP contribution in [-0.2, 0) is 43.4 Å². The van der Waals surface area contributed by atoms with Crippen LogP contribution in [0, 0.1) is 5.92 Å². The molecular weight excluding hydrogens is 538 g/mol. The minimum atomic E-state index is -0.991. The molecule has 10 heteroatoms. The minimum absolute atomic E-state index is 0.0435. The fourth-order valence-electron chi connectivity index (χ4n) is 5.09. The number of carbonyl (C=O) groups excluding carboxylic acids is 4. The summed E-state index contributed by atoms with van der Waals surface area (Å²) in [6.07, 6.45) is 3.56. The van der Waals surface area contributed by atoms with Gasteiger partial charge in [-0.2, -0.15) is 0 Å². The maximum absolute atomic E-state index is 13.5. The van der Waals surface area contributed by atoms with Gasteiger partial charge in [0.2, 0.25) is 11.8 Å². The predicted molar refractivity (Wildman–Crippen MR) is 155 cm³/mol. The van der Waals surface area contributed by atoms with E-state index in [0.717, 1.165) is 16.7 Å². The van der Waals surface area contributed by atoms with Crippen LogP contribution in [0.5, 0.6) is 0 Å². The Bertz CT molecular complexity index is 1290. The molecule has 2 aromatic rings. The van der Waals surface area contributed by atoms with Crippen LogP contribution in [0.2, 0.25) is 0 Å². The molecule has 3 N–H and O–H groups in total. The Morgan fingerprint density at radius 3 is 2.48 bits per heavy atom. The Kier molecular flexibility index (Phi) is 10.4. The van der Waals surface area contributed by atoms with Gasteiger partial charge in [0, 0.05) is 13.0 Å². The van der Waals surface area contributed by atoms with E-state index in [1.54, 1.807) is 30.9 Å². The van der Waals surface area contributed by atoms with E-state index in [1.807, 2.05) is 54.6 Å². The molecule has 10 nitrogen and oxygen atoms in total. The largest absolute Gasteiger partial charge is 0.462 e. The molecule has 3 atom stereocenters. The van der Waals surface area contributed by atoms with Crippen molar-refractivity contribution in [1.29, 1.82) is 0 Å². The molecule has 0 unspecified atom stereocenters. The van der Waals surface area contributed by atoms with Gasteiger partial charge in [-0.05, 0) is 49.8 Å². The second-order valence-corrected chi connectivity index (χ2v) is 11.4. The molecule has 0 bridgehead atoms. The first-order chi connectivity index (χ1) is 20.1. The van der Waals surface area contributed by atoms with Crippen molar-refractivity contribution in [2.45, 2.75) is 70.3 Å². The molecular formula is C32H39N3O7. The van der Waals surface area contributed by atoms with Gasteiger partial charge in [0.25, 0.3) is 0 Å². The third-order valence-electron chi connectivity index (χ3n) is 7.46. The third kappa shape index (κ3) is 8.42. The second kappa shape index (κ2) is 14.1. The van der Waals surface area contributed by atoms with E-state index in [2.05, 4.69) is 10.6 Å². The molecule has 0 fully saturated rings. The van der Waals surface area contributed by atoms with Crippen LogP contribution >= 0.6 is 0 Å². The van der Waals surface area contributed by atoms with Crippen molar-refractivity contribution >= 4 is 23.9 Å². The number of carbonyl (C=O) groups is 4. The SMILES string of the molecule is CC1(C)COC(=O)[C@H](NC(=O)OCc2ccccc2)CC=CC[C@H](CC(=O)N2Cc3ccccc3C[C@H]2CO)C(=O)N1. The smallest absolute Gasteiger partial charge is 0.408 e. The number of hydrogen-bond acceptors (Lipinski definition) is 7. The van der Waals surface area contributed by atoms with Crippen molar-refractivity contribution in [2.24, 2.45) is 5.92 Å². The summed E-state index contributed by atoms with van der Waals surface area (Å²) in [5, 5.41) is 15.5. The van der Waals surface area contributed by atoms with Gasteiger partial charge in [-0.3, -0.25) is 9.59 Å². The molecule has 3 amide bonds. The van der Waals surface area contributed by atoms with Crippen molar-refractivity contribution in [1.82, 2.24) is 15.5 Å². The Hall–Kier alpha value is -4.18. The van der Waals surface area contributed by atoms with Gasteiger partial charge in [0.05, 0.1) is 24.1 Å². The van der Waals surface area contributed by atoms with Gasteiger partial charge in [-0.1, -0.05) is 66.7 Å². The van der Waals surface area contributed by atoms with Crippen molar-refractivity contribution in [2.75, 3.05) is 13.2 Å². The molecule has 2 heterocycles. The molecule has 2 aliphatic rings. The van der Waals surface area contributed by atoms with E-state index >= 15 is 0 Å². The lowest BCUT2D eigenvalue weighted by Crippen LogP contribution is -2.52. The van der Waals surface area contributed by atoms with E-state index < -0.39 is 29.6 Å². The number of cyclic esters (lactones) is 1. The lowest BCUT2D eigenvalue weighted by molar-refractivity contribution is -0.149. The van der Waals surface area contributed by atoms with Gasteiger partial charge >= 0.3 is 12.1 Å². The fourth-order valence-corrected chi connectivity index (χ4v) is 5.09. The Labute approximate surface area is 246 Å². The highest BCUT2D eigenvalue weighted by molar-refractivity contribution is 5.87. The van der Waals surface area contributed by atoms with Crippen molar-refractivity contribution in [3.63, 3.8) is 0 Å². The van der Waals surface area contributed by atoms with Crippen LogP contribution in [0.15, 0.2) is 66.7 Å². The first-order valence-corrected chi connectivity index (χ1v) is 14.2. The Morgan fingerprint density at radius 1 is 1.05 bits per heavy atom. The molecule has 42 heavy (non-hydrogen) atoms. The molecule has 0 saturated carbocycles. The maximum atomic E-state index is 13.5. The highest BCUT2D eigenvalue weighted by atomic mass is 16.6. The van der Waals surface area contributed by atoms with Crippen LogP contribution in [-0.4, -0.2) is 64.7 Å². The quantitative estimate of drug-likeness (QED) is 0.355. The van der Waals surface area contributed by atoms with E-state index in [0.29, 0.717) is 13.0 Å². The van der Waals surface area contributed by atoms with Gasteiger partial charge < -0.3 is 30.1 Å². The lowest BCUT2D eigenvalue weighted by atomic mass is 9.92. The first-order valence-electron chi connectivity index (χ1n) is 14.2. The zero-order valence-corrected chi connectivity index (χ0v) is 24.1. The van der Waals surface area contributed by atoms with E-state index in [1.165, 1.54) is 0 Å². The summed E-state index contributed by atoms with van der Waals surface area (Å²) >= 11 is 0.